The number of carbonyl (C=O) groups excluding carboxylic acids is 2. The lowest BCUT2D eigenvalue weighted by atomic mass is 10.2. The molecule has 27 heavy (non-hydrogen) atoms. The van der Waals surface area contributed by atoms with E-state index in [9.17, 15) is 19.2 Å². The molecule has 0 spiro atoms. The smallest absolute Gasteiger partial charge is 0.420 e. The highest BCUT2D eigenvalue weighted by Gasteiger charge is 2.15. The highest BCUT2D eigenvalue weighted by atomic mass is 16.5. The second kappa shape index (κ2) is 7.16. The summed E-state index contributed by atoms with van der Waals surface area (Å²) in [6, 6.07) is 9.91. The Morgan fingerprint density at radius 1 is 1.11 bits per heavy atom. The zero-order valence-electron chi connectivity index (χ0n) is 14.1. The van der Waals surface area contributed by atoms with Gasteiger partial charge < -0.3 is 19.6 Å². The Kier molecular flexibility index (Phi) is 4.75. The van der Waals surface area contributed by atoms with Crippen LogP contribution in [0.2, 0.25) is 0 Å². The molecule has 138 valence electrons. The monoisotopic (exact) mass is 370 g/mol. The van der Waals surface area contributed by atoms with Crippen molar-refractivity contribution in [1.29, 1.82) is 0 Å². The first-order chi connectivity index (χ1) is 12.9. The van der Waals surface area contributed by atoms with E-state index in [0.29, 0.717) is 11.2 Å². The SMILES string of the molecule is COC(=O)c1ccc2c(c1)oc(=O)n2CC(=O)Nc1ccc(C(=O)O)cc1. The van der Waals surface area contributed by atoms with Crippen LogP contribution in [0.3, 0.4) is 0 Å². The molecule has 0 aliphatic rings. The predicted molar refractivity (Wildman–Crippen MR) is 93.8 cm³/mol. The molecule has 9 nitrogen and oxygen atoms in total. The predicted octanol–water partition coefficient (Wildman–Crippen LogP) is 1.72. The fourth-order valence-electron chi connectivity index (χ4n) is 2.50. The van der Waals surface area contributed by atoms with E-state index >= 15 is 0 Å². The molecule has 3 rings (SSSR count). The van der Waals surface area contributed by atoms with E-state index in [4.69, 9.17) is 9.52 Å². The average molecular weight is 370 g/mol. The average Bonchev–Trinajstić information content (AvgIpc) is 2.96. The van der Waals surface area contributed by atoms with E-state index in [1.807, 2.05) is 0 Å². The summed E-state index contributed by atoms with van der Waals surface area (Å²) in [6.45, 7) is -0.315. The maximum atomic E-state index is 12.2. The van der Waals surface area contributed by atoms with Crippen molar-refractivity contribution in [3.63, 3.8) is 0 Å². The fraction of sp³-hybridized carbons (Fsp3) is 0.111. The maximum absolute atomic E-state index is 12.2. The number of nitrogens with one attached hydrogen (secondary N) is 1. The lowest BCUT2D eigenvalue weighted by molar-refractivity contribution is -0.116. The molecule has 1 aromatic heterocycles. The number of carboxylic acid groups (broad SMARTS) is 1. The van der Waals surface area contributed by atoms with Gasteiger partial charge in [-0.05, 0) is 42.5 Å². The molecule has 0 saturated carbocycles. The Balaban J connectivity index is 1.80. The first-order valence-corrected chi connectivity index (χ1v) is 7.74. The van der Waals surface area contributed by atoms with Crippen molar-refractivity contribution in [2.45, 2.75) is 6.54 Å². The molecule has 0 aliphatic heterocycles. The number of amides is 1. The van der Waals surface area contributed by atoms with Gasteiger partial charge in [0.25, 0.3) is 0 Å². The summed E-state index contributed by atoms with van der Waals surface area (Å²) in [5, 5.41) is 11.4. The number of hydrogen-bond acceptors (Lipinski definition) is 6. The van der Waals surface area contributed by atoms with Crippen molar-refractivity contribution in [1.82, 2.24) is 4.57 Å². The molecule has 2 aromatic carbocycles. The number of carbonyl (C=O) groups is 3. The lowest BCUT2D eigenvalue weighted by Gasteiger charge is -2.06. The molecule has 0 radical (unpaired) electrons. The van der Waals surface area contributed by atoms with Crippen LogP contribution in [-0.4, -0.2) is 34.6 Å². The topological polar surface area (TPSA) is 128 Å². The van der Waals surface area contributed by atoms with Gasteiger partial charge in [0.15, 0.2) is 5.58 Å². The molecule has 0 saturated heterocycles. The first kappa shape index (κ1) is 17.9. The Hall–Kier alpha value is -3.88. The summed E-state index contributed by atoms with van der Waals surface area (Å²) in [5.74, 6) is -2.89. The van der Waals surface area contributed by atoms with E-state index in [1.54, 1.807) is 0 Å². The van der Waals surface area contributed by atoms with Crippen LogP contribution in [0.4, 0.5) is 5.69 Å². The second-order valence-electron chi connectivity index (χ2n) is 5.56. The van der Waals surface area contributed by atoms with Gasteiger partial charge in [0, 0.05) is 5.69 Å². The molecule has 0 atom stereocenters. The molecule has 9 heteroatoms. The summed E-state index contributed by atoms with van der Waals surface area (Å²) in [4.78, 5) is 46.6. The van der Waals surface area contributed by atoms with Crippen LogP contribution in [-0.2, 0) is 16.1 Å². The van der Waals surface area contributed by atoms with Gasteiger partial charge in [-0.15, -0.1) is 0 Å². The number of hydrogen-bond donors (Lipinski definition) is 2. The van der Waals surface area contributed by atoms with Crippen LogP contribution < -0.4 is 11.1 Å². The van der Waals surface area contributed by atoms with Crippen molar-refractivity contribution in [2.24, 2.45) is 0 Å². The third kappa shape index (κ3) is 3.71. The number of nitrogens with zero attached hydrogens (tertiary/aromatic N) is 1. The molecule has 2 N–H and O–H groups in total. The van der Waals surface area contributed by atoms with E-state index in [1.165, 1.54) is 49.6 Å². The first-order valence-electron chi connectivity index (χ1n) is 7.74. The van der Waals surface area contributed by atoms with Crippen LogP contribution in [0.5, 0.6) is 0 Å². The molecule has 0 bridgehead atoms. The van der Waals surface area contributed by atoms with Gasteiger partial charge in [-0.1, -0.05) is 0 Å². The number of aromatic nitrogens is 1. The molecular weight excluding hydrogens is 356 g/mol. The van der Waals surface area contributed by atoms with E-state index in [-0.39, 0.29) is 23.3 Å². The molecule has 3 aromatic rings. The molecule has 0 unspecified atom stereocenters. The van der Waals surface area contributed by atoms with E-state index < -0.39 is 23.6 Å². The van der Waals surface area contributed by atoms with Crippen molar-refractivity contribution >= 4 is 34.6 Å². The number of methoxy groups -OCH3 is 1. The van der Waals surface area contributed by atoms with Gasteiger partial charge >= 0.3 is 17.7 Å². The Labute approximate surface area is 151 Å². The third-order valence-corrected chi connectivity index (χ3v) is 3.81. The largest absolute Gasteiger partial charge is 0.478 e. The zero-order chi connectivity index (χ0) is 19.6. The highest BCUT2D eigenvalue weighted by molar-refractivity contribution is 5.95. The summed E-state index contributed by atoms with van der Waals surface area (Å²) in [7, 11) is 1.24. The van der Waals surface area contributed by atoms with Gasteiger partial charge in [0.1, 0.15) is 6.54 Å². The van der Waals surface area contributed by atoms with Crippen molar-refractivity contribution < 1.29 is 28.6 Å². The Morgan fingerprint density at radius 3 is 2.41 bits per heavy atom. The number of benzene rings is 2. The number of aromatic carboxylic acids is 1. The number of anilines is 1. The molecule has 1 heterocycles. The standard InChI is InChI=1S/C18H14N2O7/c1-26-17(24)11-4-7-13-14(8-11)27-18(25)20(13)9-15(21)19-12-5-2-10(3-6-12)16(22)23/h2-8H,9H2,1H3,(H,19,21)(H,22,23). The third-order valence-electron chi connectivity index (χ3n) is 3.81. The van der Waals surface area contributed by atoms with Gasteiger partial charge in [-0.2, -0.15) is 0 Å². The van der Waals surface area contributed by atoms with Crippen molar-refractivity contribution in [2.75, 3.05) is 12.4 Å². The Morgan fingerprint density at radius 2 is 1.78 bits per heavy atom. The summed E-state index contributed by atoms with van der Waals surface area (Å²) < 4.78 is 10.8. The normalized spacial score (nSPS) is 10.6. The number of ether oxygens (including phenoxy) is 1. The van der Waals surface area contributed by atoms with Gasteiger partial charge in [-0.25, -0.2) is 14.4 Å². The van der Waals surface area contributed by atoms with Gasteiger partial charge in [0.2, 0.25) is 5.91 Å². The van der Waals surface area contributed by atoms with Crippen LogP contribution in [0.25, 0.3) is 11.1 Å². The van der Waals surface area contributed by atoms with Crippen LogP contribution >= 0.6 is 0 Å². The molecular formula is C18H14N2O7. The number of fused-ring (bicyclic) bond motifs is 1. The van der Waals surface area contributed by atoms with Crippen LogP contribution in [0, 0.1) is 0 Å². The molecule has 0 fully saturated rings. The van der Waals surface area contributed by atoms with E-state index in [0.717, 1.165) is 4.57 Å². The van der Waals surface area contributed by atoms with Crippen molar-refractivity contribution in [3.05, 3.63) is 64.1 Å². The summed E-state index contributed by atoms with van der Waals surface area (Å²) in [5.41, 5.74) is 1.20. The number of carboxylic acids is 1. The maximum Gasteiger partial charge on any atom is 0.420 e. The van der Waals surface area contributed by atoms with Crippen molar-refractivity contribution in [3.8, 4) is 0 Å². The van der Waals surface area contributed by atoms with E-state index in [2.05, 4.69) is 10.1 Å². The number of oxazole rings is 1. The Bertz CT molecular complexity index is 1090. The molecule has 1 amide bonds. The van der Waals surface area contributed by atoms with Crippen LogP contribution in [0.1, 0.15) is 20.7 Å². The van der Waals surface area contributed by atoms with Crippen LogP contribution in [0.15, 0.2) is 51.7 Å². The highest BCUT2D eigenvalue weighted by Crippen LogP contribution is 2.16. The minimum Gasteiger partial charge on any atom is -0.478 e. The zero-order valence-corrected chi connectivity index (χ0v) is 14.1. The summed E-state index contributed by atoms with van der Waals surface area (Å²) in [6.07, 6.45) is 0. The number of rotatable bonds is 5. The second-order valence-corrected chi connectivity index (χ2v) is 5.56. The van der Waals surface area contributed by atoms with Gasteiger partial charge in [-0.3, -0.25) is 9.36 Å². The quantitative estimate of drug-likeness (QED) is 0.654. The minimum atomic E-state index is -1.07. The van der Waals surface area contributed by atoms with Gasteiger partial charge in [0.05, 0.1) is 23.8 Å². The fourth-order valence-corrected chi connectivity index (χ4v) is 2.50. The number of esters is 1. The minimum absolute atomic E-state index is 0.0893. The lowest BCUT2D eigenvalue weighted by Crippen LogP contribution is -2.24. The molecule has 0 aliphatic carbocycles. The summed E-state index contributed by atoms with van der Waals surface area (Å²) >= 11 is 0.